The Morgan fingerprint density at radius 2 is 1.47 bits per heavy atom. The second-order valence-electron chi connectivity index (χ2n) is 3.99. The SMILES string of the molecule is COc1cccc(OC)c1C(Br)c1ccc(Cl)cc1. The molecule has 0 saturated carbocycles. The Balaban J connectivity index is 2.47. The van der Waals surface area contributed by atoms with Crippen LogP contribution in [0.25, 0.3) is 0 Å². The summed E-state index contributed by atoms with van der Waals surface area (Å²) in [5.74, 6) is 1.58. The summed E-state index contributed by atoms with van der Waals surface area (Å²) in [5.41, 5.74) is 2.06. The van der Waals surface area contributed by atoms with Gasteiger partial charge in [0.1, 0.15) is 11.5 Å². The lowest BCUT2D eigenvalue weighted by Gasteiger charge is -2.18. The molecular weight excluding hydrogens is 328 g/mol. The minimum Gasteiger partial charge on any atom is -0.496 e. The van der Waals surface area contributed by atoms with Crippen molar-refractivity contribution >= 4 is 27.5 Å². The maximum absolute atomic E-state index is 5.91. The summed E-state index contributed by atoms with van der Waals surface area (Å²) >= 11 is 9.61. The van der Waals surface area contributed by atoms with Gasteiger partial charge in [0.15, 0.2) is 0 Å². The van der Waals surface area contributed by atoms with E-state index >= 15 is 0 Å². The number of hydrogen-bond donors (Lipinski definition) is 0. The van der Waals surface area contributed by atoms with Gasteiger partial charge in [0.05, 0.1) is 24.6 Å². The van der Waals surface area contributed by atoms with Gasteiger partial charge in [0, 0.05) is 5.02 Å². The Kier molecular flexibility index (Phi) is 4.72. The number of methoxy groups -OCH3 is 2. The molecule has 0 heterocycles. The second kappa shape index (κ2) is 6.31. The van der Waals surface area contributed by atoms with Gasteiger partial charge < -0.3 is 9.47 Å². The van der Waals surface area contributed by atoms with Crippen LogP contribution in [0.5, 0.6) is 11.5 Å². The molecule has 2 aromatic rings. The van der Waals surface area contributed by atoms with E-state index in [0.717, 1.165) is 27.6 Å². The van der Waals surface area contributed by atoms with Crippen LogP contribution in [0, 0.1) is 0 Å². The van der Waals surface area contributed by atoms with Crippen LogP contribution in [-0.2, 0) is 0 Å². The monoisotopic (exact) mass is 340 g/mol. The molecule has 4 heteroatoms. The molecule has 19 heavy (non-hydrogen) atoms. The van der Waals surface area contributed by atoms with E-state index in [1.807, 2.05) is 42.5 Å². The van der Waals surface area contributed by atoms with E-state index < -0.39 is 0 Å². The smallest absolute Gasteiger partial charge is 0.127 e. The summed E-state index contributed by atoms with van der Waals surface area (Å²) in [4.78, 5) is -0.0177. The molecule has 0 aromatic heterocycles. The molecule has 2 rings (SSSR count). The highest BCUT2D eigenvalue weighted by Crippen LogP contribution is 2.42. The Bertz CT molecular complexity index is 532. The van der Waals surface area contributed by atoms with Gasteiger partial charge in [-0.25, -0.2) is 0 Å². The highest BCUT2D eigenvalue weighted by molar-refractivity contribution is 9.09. The first kappa shape index (κ1) is 14.2. The summed E-state index contributed by atoms with van der Waals surface area (Å²) in [6.45, 7) is 0. The fraction of sp³-hybridized carbons (Fsp3) is 0.200. The van der Waals surface area contributed by atoms with Gasteiger partial charge in [0.2, 0.25) is 0 Å². The van der Waals surface area contributed by atoms with E-state index in [9.17, 15) is 0 Å². The van der Waals surface area contributed by atoms with Crippen molar-refractivity contribution in [3.05, 3.63) is 58.6 Å². The lowest BCUT2D eigenvalue weighted by molar-refractivity contribution is 0.386. The molecule has 0 saturated heterocycles. The van der Waals surface area contributed by atoms with Crippen molar-refractivity contribution in [1.29, 1.82) is 0 Å². The van der Waals surface area contributed by atoms with Crippen molar-refractivity contribution in [3.63, 3.8) is 0 Å². The third-order valence-electron chi connectivity index (χ3n) is 2.88. The van der Waals surface area contributed by atoms with E-state index in [4.69, 9.17) is 21.1 Å². The van der Waals surface area contributed by atoms with Gasteiger partial charge in [-0.15, -0.1) is 0 Å². The molecule has 2 aromatic carbocycles. The molecule has 0 spiro atoms. The number of benzene rings is 2. The lowest BCUT2D eigenvalue weighted by Crippen LogP contribution is -2.00. The van der Waals surface area contributed by atoms with Crippen molar-refractivity contribution in [3.8, 4) is 11.5 Å². The van der Waals surface area contributed by atoms with Gasteiger partial charge >= 0.3 is 0 Å². The van der Waals surface area contributed by atoms with Crippen LogP contribution < -0.4 is 9.47 Å². The summed E-state index contributed by atoms with van der Waals surface area (Å²) in [7, 11) is 3.31. The molecular formula is C15H14BrClO2. The van der Waals surface area contributed by atoms with Crippen molar-refractivity contribution in [2.24, 2.45) is 0 Å². The first-order valence-electron chi connectivity index (χ1n) is 5.77. The quantitative estimate of drug-likeness (QED) is 0.741. The van der Waals surface area contributed by atoms with Gasteiger partial charge in [-0.1, -0.05) is 45.7 Å². The molecule has 0 aliphatic carbocycles. The standard InChI is InChI=1S/C15H14BrClO2/c1-18-12-4-3-5-13(19-2)14(12)15(16)10-6-8-11(17)9-7-10/h3-9,15H,1-2H3. The summed E-state index contributed by atoms with van der Waals surface area (Å²) in [6, 6.07) is 13.4. The number of halogens is 2. The Hall–Kier alpha value is -1.19. The minimum atomic E-state index is -0.0177. The zero-order valence-electron chi connectivity index (χ0n) is 10.7. The van der Waals surface area contributed by atoms with E-state index in [1.165, 1.54) is 0 Å². The van der Waals surface area contributed by atoms with Crippen LogP contribution >= 0.6 is 27.5 Å². The topological polar surface area (TPSA) is 18.5 Å². The minimum absolute atomic E-state index is 0.0177. The number of rotatable bonds is 4. The Morgan fingerprint density at radius 3 is 1.95 bits per heavy atom. The average molecular weight is 342 g/mol. The van der Waals surface area contributed by atoms with Crippen LogP contribution in [0.2, 0.25) is 5.02 Å². The lowest BCUT2D eigenvalue weighted by atomic mass is 10.0. The maximum atomic E-state index is 5.91. The van der Waals surface area contributed by atoms with Gasteiger partial charge in [0.25, 0.3) is 0 Å². The normalized spacial score (nSPS) is 12.0. The number of hydrogen-bond acceptors (Lipinski definition) is 2. The summed E-state index contributed by atoms with van der Waals surface area (Å²) in [6.07, 6.45) is 0. The highest BCUT2D eigenvalue weighted by atomic mass is 79.9. The van der Waals surface area contributed by atoms with E-state index in [-0.39, 0.29) is 4.83 Å². The molecule has 0 amide bonds. The largest absolute Gasteiger partial charge is 0.496 e. The summed E-state index contributed by atoms with van der Waals surface area (Å²) in [5, 5.41) is 0.718. The Labute approximate surface area is 126 Å². The molecule has 1 atom stereocenters. The molecule has 1 unspecified atom stereocenters. The number of ether oxygens (including phenoxy) is 2. The van der Waals surface area contributed by atoms with Gasteiger partial charge in [-0.2, -0.15) is 0 Å². The van der Waals surface area contributed by atoms with Crippen molar-refractivity contribution < 1.29 is 9.47 Å². The fourth-order valence-electron chi connectivity index (χ4n) is 1.93. The predicted molar refractivity (Wildman–Crippen MR) is 81.8 cm³/mol. The van der Waals surface area contributed by atoms with Crippen LogP contribution in [0.4, 0.5) is 0 Å². The highest BCUT2D eigenvalue weighted by Gasteiger charge is 2.19. The summed E-state index contributed by atoms with van der Waals surface area (Å²) < 4.78 is 10.8. The molecule has 0 aliphatic heterocycles. The molecule has 0 fully saturated rings. The second-order valence-corrected chi connectivity index (χ2v) is 5.34. The van der Waals surface area contributed by atoms with Crippen LogP contribution in [-0.4, -0.2) is 14.2 Å². The zero-order chi connectivity index (χ0) is 13.8. The molecule has 0 N–H and O–H groups in total. The molecule has 2 nitrogen and oxygen atoms in total. The van der Waals surface area contributed by atoms with E-state index in [1.54, 1.807) is 14.2 Å². The van der Waals surface area contributed by atoms with Crippen molar-refractivity contribution in [1.82, 2.24) is 0 Å². The van der Waals surface area contributed by atoms with E-state index in [2.05, 4.69) is 15.9 Å². The third-order valence-corrected chi connectivity index (χ3v) is 4.12. The average Bonchev–Trinajstić information content (AvgIpc) is 2.46. The van der Waals surface area contributed by atoms with Gasteiger partial charge in [-0.05, 0) is 29.8 Å². The first-order valence-corrected chi connectivity index (χ1v) is 7.07. The zero-order valence-corrected chi connectivity index (χ0v) is 13.0. The van der Waals surface area contributed by atoms with Crippen LogP contribution in [0.15, 0.2) is 42.5 Å². The Morgan fingerprint density at radius 1 is 0.947 bits per heavy atom. The molecule has 0 bridgehead atoms. The fourth-order valence-corrected chi connectivity index (χ4v) is 2.81. The van der Waals surface area contributed by atoms with Crippen molar-refractivity contribution in [2.45, 2.75) is 4.83 Å². The molecule has 0 radical (unpaired) electrons. The first-order chi connectivity index (χ1) is 9.17. The van der Waals surface area contributed by atoms with Gasteiger partial charge in [-0.3, -0.25) is 0 Å². The van der Waals surface area contributed by atoms with Crippen LogP contribution in [0.3, 0.4) is 0 Å². The molecule has 100 valence electrons. The predicted octanol–water partition coefficient (Wildman–Crippen LogP) is 4.84. The molecule has 0 aliphatic rings. The maximum Gasteiger partial charge on any atom is 0.127 e. The van der Waals surface area contributed by atoms with Crippen LogP contribution in [0.1, 0.15) is 16.0 Å². The number of alkyl halides is 1. The third kappa shape index (κ3) is 3.04. The van der Waals surface area contributed by atoms with E-state index in [0.29, 0.717) is 0 Å². The van der Waals surface area contributed by atoms with Crippen molar-refractivity contribution in [2.75, 3.05) is 14.2 Å².